The fourth-order valence-corrected chi connectivity index (χ4v) is 1.75. The van der Waals surface area contributed by atoms with E-state index in [1.54, 1.807) is 14.2 Å². The van der Waals surface area contributed by atoms with Gasteiger partial charge in [-0.2, -0.15) is 0 Å². The van der Waals surface area contributed by atoms with Crippen LogP contribution in [-0.4, -0.2) is 27.2 Å². The second-order valence-corrected chi connectivity index (χ2v) is 3.67. The summed E-state index contributed by atoms with van der Waals surface area (Å²) in [5.41, 5.74) is 1.96. The van der Waals surface area contributed by atoms with Crippen molar-refractivity contribution < 1.29 is 14.3 Å². The Bertz CT molecular complexity index is 390. The molecule has 1 N–H and O–H groups in total. The molecular formula is C13H19NO3. The number of carbonyl (C=O) groups excluding carboxylic acids is 1. The van der Waals surface area contributed by atoms with Crippen molar-refractivity contribution in [2.45, 2.75) is 19.4 Å². The Morgan fingerprint density at radius 1 is 1.41 bits per heavy atom. The Labute approximate surface area is 102 Å². The Morgan fingerprint density at radius 2 is 2.12 bits per heavy atom. The number of hydrogen-bond acceptors (Lipinski definition) is 4. The van der Waals surface area contributed by atoms with Gasteiger partial charge in [0.25, 0.3) is 0 Å². The maximum Gasteiger partial charge on any atom is 0.327 e. The van der Waals surface area contributed by atoms with Crippen molar-refractivity contribution in [3.63, 3.8) is 0 Å². The highest BCUT2D eigenvalue weighted by Gasteiger charge is 2.23. The molecule has 0 aliphatic heterocycles. The minimum Gasteiger partial charge on any atom is -0.496 e. The molecule has 94 valence electrons. The maximum atomic E-state index is 11.7. The molecular weight excluding hydrogens is 218 g/mol. The van der Waals surface area contributed by atoms with Gasteiger partial charge in [-0.3, -0.25) is 0 Å². The molecule has 0 spiro atoms. The van der Waals surface area contributed by atoms with E-state index in [0.29, 0.717) is 5.75 Å². The highest BCUT2D eigenvalue weighted by Crippen LogP contribution is 2.27. The lowest BCUT2D eigenvalue weighted by atomic mass is 10.0. The van der Waals surface area contributed by atoms with Crippen LogP contribution >= 0.6 is 0 Å². The zero-order valence-electron chi connectivity index (χ0n) is 10.7. The molecule has 0 amide bonds. The fourth-order valence-electron chi connectivity index (χ4n) is 1.75. The minimum atomic E-state index is -0.499. The molecule has 1 aromatic rings. The van der Waals surface area contributed by atoms with Crippen molar-refractivity contribution in [3.8, 4) is 5.75 Å². The zero-order valence-corrected chi connectivity index (χ0v) is 10.7. The van der Waals surface area contributed by atoms with E-state index in [0.717, 1.165) is 17.5 Å². The first-order valence-corrected chi connectivity index (χ1v) is 5.59. The van der Waals surface area contributed by atoms with Crippen molar-refractivity contribution >= 4 is 5.97 Å². The molecule has 0 saturated heterocycles. The number of ether oxygens (including phenoxy) is 2. The van der Waals surface area contributed by atoms with Gasteiger partial charge >= 0.3 is 5.97 Å². The van der Waals surface area contributed by atoms with Gasteiger partial charge < -0.3 is 14.8 Å². The van der Waals surface area contributed by atoms with Gasteiger partial charge in [0.2, 0.25) is 0 Å². The molecule has 0 aliphatic rings. The van der Waals surface area contributed by atoms with Gasteiger partial charge in [-0.05, 0) is 31.2 Å². The third-order valence-corrected chi connectivity index (χ3v) is 2.74. The number of likely N-dealkylation sites (N-methyl/N-ethyl adjacent to an activating group) is 1. The minimum absolute atomic E-state index is 0.320. The van der Waals surface area contributed by atoms with Crippen molar-refractivity contribution in [2.75, 3.05) is 21.3 Å². The summed E-state index contributed by atoms with van der Waals surface area (Å²) >= 11 is 0. The van der Waals surface area contributed by atoms with Crippen LogP contribution < -0.4 is 10.1 Å². The summed E-state index contributed by atoms with van der Waals surface area (Å²) in [6.07, 6.45) is 0.911. The molecule has 0 heterocycles. The van der Waals surface area contributed by atoms with Crippen LogP contribution in [-0.2, 0) is 16.0 Å². The largest absolute Gasteiger partial charge is 0.496 e. The van der Waals surface area contributed by atoms with Crippen LogP contribution in [0.25, 0.3) is 0 Å². The molecule has 0 aromatic heterocycles. The van der Waals surface area contributed by atoms with Gasteiger partial charge in [0.15, 0.2) is 0 Å². The first-order valence-electron chi connectivity index (χ1n) is 5.59. The van der Waals surface area contributed by atoms with Gasteiger partial charge in [-0.15, -0.1) is 0 Å². The van der Waals surface area contributed by atoms with E-state index in [9.17, 15) is 4.79 Å². The third kappa shape index (κ3) is 2.97. The zero-order chi connectivity index (χ0) is 12.8. The van der Waals surface area contributed by atoms with E-state index in [1.807, 2.05) is 18.2 Å². The number of carbonyl (C=O) groups is 1. The van der Waals surface area contributed by atoms with E-state index in [4.69, 9.17) is 9.47 Å². The molecule has 0 aliphatic carbocycles. The van der Waals surface area contributed by atoms with Gasteiger partial charge in [0.1, 0.15) is 11.8 Å². The number of esters is 1. The van der Waals surface area contributed by atoms with E-state index >= 15 is 0 Å². The van der Waals surface area contributed by atoms with Crippen LogP contribution in [0.3, 0.4) is 0 Å². The molecule has 1 atom stereocenters. The lowest BCUT2D eigenvalue weighted by Crippen LogP contribution is -2.27. The molecule has 1 rings (SSSR count). The molecule has 17 heavy (non-hydrogen) atoms. The number of nitrogens with one attached hydrogen (secondary N) is 1. The van der Waals surface area contributed by atoms with Gasteiger partial charge in [-0.1, -0.05) is 13.0 Å². The first-order chi connectivity index (χ1) is 8.17. The summed E-state index contributed by atoms with van der Waals surface area (Å²) in [6, 6.07) is 5.34. The average Bonchev–Trinajstić information content (AvgIpc) is 2.39. The summed E-state index contributed by atoms with van der Waals surface area (Å²) in [4.78, 5) is 11.7. The van der Waals surface area contributed by atoms with E-state index in [1.165, 1.54) is 7.11 Å². The summed E-state index contributed by atoms with van der Waals surface area (Å²) in [7, 11) is 4.69. The van der Waals surface area contributed by atoms with E-state index in [2.05, 4.69) is 12.2 Å². The maximum absolute atomic E-state index is 11.7. The summed E-state index contributed by atoms with van der Waals surface area (Å²) in [5, 5.41) is 2.94. The number of methoxy groups -OCH3 is 2. The van der Waals surface area contributed by atoms with Crippen LogP contribution in [0.15, 0.2) is 18.2 Å². The predicted molar refractivity (Wildman–Crippen MR) is 66.2 cm³/mol. The van der Waals surface area contributed by atoms with E-state index < -0.39 is 6.04 Å². The van der Waals surface area contributed by atoms with Gasteiger partial charge in [0.05, 0.1) is 14.2 Å². The van der Waals surface area contributed by atoms with Crippen LogP contribution in [0, 0.1) is 0 Å². The van der Waals surface area contributed by atoms with Gasteiger partial charge in [0, 0.05) is 5.56 Å². The number of rotatable bonds is 5. The van der Waals surface area contributed by atoms with Crippen LogP contribution in [0.5, 0.6) is 5.75 Å². The third-order valence-electron chi connectivity index (χ3n) is 2.74. The molecule has 4 heteroatoms. The first kappa shape index (κ1) is 13.5. The van der Waals surface area contributed by atoms with Crippen LogP contribution in [0.2, 0.25) is 0 Å². The summed E-state index contributed by atoms with van der Waals surface area (Å²) < 4.78 is 10.0. The average molecular weight is 237 g/mol. The Morgan fingerprint density at radius 3 is 2.59 bits per heavy atom. The van der Waals surface area contributed by atoms with Crippen molar-refractivity contribution in [1.29, 1.82) is 0 Å². The van der Waals surface area contributed by atoms with Gasteiger partial charge in [-0.25, -0.2) is 4.79 Å². The molecule has 4 nitrogen and oxygen atoms in total. The quantitative estimate of drug-likeness (QED) is 0.792. The molecule has 0 bridgehead atoms. The lowest BCUT2D eigenvalue weighted by Gasteiger charge is -2.18. The van der Waals surface area contributed by atoms with Crippen molar-refractivity contribution in [1.82, 2.24) is 5.32 Å². The Kier molecular flexibility index (Phi) is 4.97. The Balaban J connectivity index is 3.19. The van der Waals surface area contributed by atoms with Crippen LogP contribution in [0.4, 0.5) is 0 Å². The monoisotopic (exact) mass is 237 g/mol. The predicted octanol–water partition coefficient (Wildman–Crippen LogP) is 1.69. The number of benzene rings is 1. The number of aryl methyl sites for hydroxylation is 1. The van der Waals surface area contributed by atoms with Crippen molar-refractivity contribution in [3.05, 3.63) is 29.3 Å². The molecule has 0 radical (unpaired) electrons. The lowest BCUT2D eigenvalue weighted by molar-refractivity contribution is -0.143. The highest BCUT2D eigenvalue weighted by atomic mass is 16.5. The topological polar surface area (TPSA) is 47.6 Å². The molecule has 1 unspecified atom stereocenters. The second-order valence-electron chi connectivity index (χ2n) is 3.67. The van der Waals surface area contributed by atoms with Crippen LogP contribution in [0.1, 0.15) is 24.1 Å². The molecule has 0 fully saturated rings. The normalized spacial score (nSPS) is 12.0. The summed E-state index contributed by atoms with van der Waals surface area (Å²) in [5.74, 6) is 0.367. The van der Waals surface area contributed by atoms with Crippen molar-refractivity contribution in [2.24, 2.45) is 0 Å². The fraction of sp³-hybridized carbons (Fsp3) is 0.462. The SMILES string of the molecule is CCc1ccc(OC)c(C(NC)C(=O)OC)c1. The molecule has 1 aromatic carbocycles. The molecule has 0 saturated carbocycles. The summed E-state index contributed by atoms with van der Waals surface area (Å²) in [6.45, 7) is 2.07. The standard InChI is InChI=1S/C13H19NO3/c1-5-9-6-7-11(16-3)10(8-9)12(14-2)13(15)17-4/h6-8,12,14H,5H2,1-4H3. The smallest absolute Gasteiger partial charge is 0.327 e. The van der Waals surface area contributed by atoms with E-state index in [-0.39, 0.29) is 5.97 Å². The number of hydrogen-bond donors (Lipinski definition) is 1. The Hall–Kier alpha value is -1.55. The highest BCUT2D eigenvalue weighted by molar-refractivity contribution is 5.78. The second kappa shape index (κ2) is 6.25.